The van der Waals surface area contributed by atoms with Crippen molar-refractivity contribution in [3.05, 3.63) is 29.6 Å². The molecule has 1 aromatic rings. The van der Waals surface area contributed by atoms with Gasteiger partial charge < -0.3 is 10.0 Å². The van der Waals surface area contributed by atoms with Crippen molar-refractivity contribution in [3.63, 3.8) is 0 Å². The van der Waals surface area contributed by atoms with Crippen LogP contribution in [0.4, 0.5) is 10.1 Å². The van der Waals surface area contributed by atoms with E-state index in [1.807, 2.05) is 18.7 Å². The third-order valence-corrected chi connectivity index (χ3v) is 3.28. The van der Waals surface area contributed by atoms with Crippen molar-refractivity contribution in [2.45, 2.75) is 32.7 Å². The van der Waals surface area contributed by atoms with Gasteiger partial charge in [0.25, 0.3) is 0 Å². The number of hydrogen-bond donors (Lipinski definition) is 1. The lowest BCUT2D eigenvalue weighted by Crippen LogP contribution is -2.34. The predicted molar refractivity (Wildman–Crippen MR) is 68.6 cm³/mol. The summed E-state index contributed by atoms with van der Waals surface area (Å²) >= 11 is 0. The lowest BCUT2D eigenvalue weighted by Gasteiger charge is -2.30. The maximum absolute atomic E-state index is 14.0. The number of para-hydroxylation sites is 1. The van der Waals surface area contributed by atoms with E-state index in [1.165, 1.54) is 18.2 Å². The molecule has 1 saturated carbocycles. The number of nitrogens with zero attached hydrogens (tertiary/aromatic N) is 1. The van der Waals surface area contributed by atoms with Gasteiger partial charge in [-0.3, -0.25) is 0 Å². The van der Waals surface area contributed by atoms with Crippen molar-refractivity contribution in [2.24, 2.45) is 5.92 Å². The van der Waals surface area contributed by atoms with Crippen LogP contribution in [0, 0.1) is 11.7 Å². The average molecular weight is 251 g/mol. The molecule has 0 spiro atoms. The topological polar surface area (TPSA) is 40.5 Å². The van der Waals surface area contributed by atoms with Crippen LogP contribution in [0.15, 0.2) is 18.2 Å². The van der Waals surface area contributed by atoms with Gasteiger partial charge in [-0.05, 0) is 44.7 Å². The van der Waals surface area contributed by atoms with E-state index in [9.17, 15) is 14.3 Å². The lowest BCUT2D eigenvalue weighted by atomic mass is 10.1. The quantitative estimate of drug-likeness (QED) is 0.874. The number of anilines is 1. The zero-order valence-electron chi connectivity index (χ0n) is 10.7. The van der Waals surface area contributed by atoms with Crippen molar-refractivity contribution in [1.82, 2.24) is 0 Å². The summed E-state index contributed by atoms with van der Waals surface area (Å²) in [5, 5.41) is 9.18. The minimum Gasteiger partial charge on any atom is -0.478 e. The number of rotatable bonds is 5. The van der Waals surface area contributed by atoms with Gasteiger partial charge >= 0.3 is 5.97 Å². The summed E-state index contributed by atoms with van der Waals surface area (Å²) in [7, 11) is 0. The van der Waals surface area contributed by atoms with Gasteiger partial charge in [0, 0.05) is 12.6 Å². The van der Waals surface area contributed by atoms with Crippen molar-refractivity contribution in [1.29, 1.82) is 0 Å². The summed E-state index contributed by atoms with van der Waals surface area (Å²) in [6, 6.07) is 4.31. The van der Waals surface area contributed by atoms with E-state index in [0.717, 1.165) is 19.4 Å². The molecule has 3 nitrogen and oxygen atoms in total. The van der Waals surface area contributed by atoms with Crippen LogP contribution in [-0.4, -0.2) is 23.7 Å². The van der Waals surface area contributed by atoms with E-state index >= 15 is 0 Å². The van der Waals surface area contributed by atoms with Gasteiger partial charge in [0.15, 0.2) is 0 Å². The largest absolute Gasteiger partial charge is 0.478 e. The fourth-order valence-electron chi connectivity index (χ4n) is 2.12. The first-order valence-corrected chi connectivity index (χ1v) is 6.29. The van der Waals surface area contributed by atoms with E-state index in [2.05, 4.69) is 0 Å². The third-order valence-electron chi connectivity index (χ3n) is 3.28. The molecular formula is C14H18FNO2. The molecule has 1 aliphatic rings. The van der Waals surface area contributed by atoms with Gasteiger partial charge in [-0.2, -0.15) is 0 Å². The second-order valence-corrected chi connectivity index (χ2v) is 5.13. The van der Waals surface area contributed by atoms with Crippen LogP contribution in [0.5, 0.6) is 0 Å². The molecule has 0 bridgehead atoms. The van der Waals surface area contributed by atoms with Gasteiger partial charge in [0.1, 0.15) is 5.82 Å². The Balaban J connectivity index is 2.41. The molecule has 0 aliphatic heterocycles. The molecule has 98 valence electrons. The SMILES string of the molecule is CC(C)N(CC1CC1)c1c(F)cccc1C(=O)O. The van der Waals surface area contributed by atoms with Crippen LogP contribution in [0.1, 0.15) is 37.0 Å². The first kappa shape index (κ1) is 12.9. The number of carboxylic acids is 1. The molecule has 18 heavy (non-hydrogen) atoms. The fourth-order valence-corrected chi connectivity index (χ4v) is 2.12. The molecule has 0 saturated heterocycles. The molecule has 0 heterocycles. The zero-order chi connectivity index (χ0) is 13.3. The first-order chi connectivity index (χ1) is 8.50. The highest BCUT2D eigenvalue weighted by Gasteiger charge is 2.29. The summed E-state index contributed by atoms with van der Waals surface area (Å²) < 4.78 is 14.0. The zero-order valence-corrected chi connectivity index (χ0v) is 10.7. The number of carboxylic acid groups (broad SMARTS) is 1. The van der Waals surface area contributed by atoms with E-state index in [-0.39, 0.29) is 17.3 Å². The van der Waals surface area contributed by atoms with Crippen LogP contribution < -0.4 is 4.90 Å². The van der Waals surface area contributed by atoms with Crippen LogP contribution >= 0.6 is 0 Å². The Hall–Kier alpha value is -1.58. The van der Waals surface area contributed by atoms with E-state index in [0.29, 0.717) is 5.92 Å². The van der Waals surface area contributed by atoms with E-state index < -0.39 is 11.8 Å². The Morgan fingerprint density at radius 2 is 2.17 bits per heavy atom. The maximum Gasteiger partial charge on any atom is 0.337 e. The first-order valence-electron chi connectivity index (χ1n) is 6.29. The third kappa shape index (κ3) is 2.63. The molecular weight excluding hydrogens is 233 g/mol. The molecule has 1 aliphatic carbocycles. The fraction of sp³-hybridized carbons (Fsp3) is 0.500. The molecule has 0 unspecified atom stereocenters. The molecule has 0 atom stereocenters. The molecule has 1 aromatic carbocycles. The van der Waals surface area contributed by atoms with Gasteiger partial charge in [-0.1, -0.05) is 6.07 Å². The minimum absolute atomic E-state index is 0.0457. The lowest BCUT2D eigenvalue weighted by molar-refractivity contribution is 0.0697. The molecule has 0 aromatic heterocycles. The Kier molecular flexibility index (Phi) is 3.55. The highest BCUT2D eigenvalue weighted by atomic mass is 19.1. The van der Waals surface area contributed by atoms with Gasteiger partial charge in [-0.15, -0.1) is 0 Å². The number of halogens is 1. The number of aromatic carboxylic acids is 1. The highest BCUT2D eigenvalue weighted by molar-refractivity contribution is 5.94. The molecule has 4 heteroatoms. The summed E-state index contributed by atoms with van der Waals surface area (Å²) in [6.07, 6.45) is 2.31. The predicted octanol–water partition coefficient (Wildman–Crippen LogP) is 3.15. The Labute approximate surface area is 106 Å². The number of benzene rings is 1. The maximum atomic E-state index is 14.0. The second-order valence-electron chi connectivity index (χ2n) is 5.13. The van der Waals surface area contributed by atoms with Gasteiger partial charge in [0.05, 0.1) is 11.3 Å². The normalized spacial score (nSPS) is 14.9. The summed E-state index contributed by atoms with van der Waals surface area (Å²) in [4.78, 5) is 13.1. The molecule has 1 N–H and O–H groups in total. The molecule has 2 rings (SSSR count). The van der Waals surface area contributed by atoms with E-state index in [4.69, 9.17) is 0 Å². The summed E-state index contributed by atoms with van der Waals surface area (Å²) in [6.45, 7) is 4.65. The highest BCUT2D eigenvalue weighted by Crippen LogP contribution is 2.34. The number of hydrogen-bond acceptors (Lipinski definition) is 2. The van der Waals surface area contributed by atoms with Crippen molar-refractivity contribution in [2.75, 3.05) is 11.4 Å². The van der Waals surface area contributed by atoms with Crippen LogP contribution in [0.2, 0.25) is 0 Å². The molecule has 0 amide bonds. The Bertz CT molecular complexity index is 455. The van der Waals surface area contributed by atoms with Gasteiger partial charge in [-0.25, -0.2) is 9.18 Å². The second kappa shape index (κ2) is 4.96. The Morgan fingerprint density at radius 1 is 1.50 bits per heavy atom. The summed E-state index contributed by atoms with van der Waals surface area (Å²) in [5.74, 6) is -0.955. The van der Waals surface area contributed by atoms with Crippen LogP contribution in [-0.2, 0) is 0 Å². The Morgan fingerprint density at radius 3 is 2.67 bits per heavy atom. The van der Waals surface area contributed by atoms with E-state index in [1.54, 1.807) is 0 Å². The van der Waals surface area contributed by atoms with Gasteiger partial charge in [0.2, 0.25) is 0 Å². The van der Waals surface area contributed by atoms with Crippen LogP contribution in [0.3, 0.4) is 0 Å². The van der Waals surface area contributed by atoms with Crippen molar-refractivity contribution in [3.8, 4) is 0 Å². The smallest absolute Gasteiger partial charge is 0.337 e. The summed E-state index contributed by atoms with van der Waals surface area (Å²) in [5.41, 5.74) is 0.274. The standard InChI is InChI=1S/C14H18FNO2/c1-9(2)16(8-10-6-7-10)13-11(14(17)18)4-3-5-12(13)15/h3-5,9-10H,6-8H2,1-2H3,(H,17,18). The van der Waals surface area contributed by atoms with Crippen molar-refractivity contribution >= 4 is 11.7 Å². The number of carbonyl (C=O) groups is 1. The van der Waals surface area contributed by atoms with Crippen LogP contribution in [0.25, 0.3) is 0 Å². The monoisotopic (exact) mass is 251 g/mol. The molecule has 1 fully saturated rings. The minimum atomic E-state index is -1.08. The van der Waals surface area contributed by atoms with Crippen molar-refractivity contribution < 1.29 is 14.3 Å². The molecule has 0 radical (unpaired) electrons. The average Bonchev–Trinajstić information content (AvgIpc) is 3.09.